The van der Waals surface area contributed by atoms with Gasteiger partial charge in [-0.05, 0) is 24.3 Å². The number of rotatable bonds is 3. The Morgan fingerprint density at radius 1 is 1.35 bits per heavy atom. The van der Waals surface area contributed by atoms with Gasteiger partial charge < -0.3 is 4.57 Å². The van der Waals surface area contributed by atoms with E-state index in [0.717, 1.165) is 29.5 Å². The van der Waals surface area contributed by atoms with Crippen LogP contribution in [0.5, 0.6) is 0 Å². The molecule has 3 rings (SSSR count). The number of aromatic nitrogens is 3. The largest absolute Gasteiger partial charge is 0.311 e. The molecule has 2 aromatic rings. The van der Waals surface area contributed by atoms with Crippen LogP contribution in [-0.2, 0) is 12.4 Å². The Kier molecular flexibility index (Phi) is 4.18. The molecule has 2 unspecified atom stereocenters. The van der Waals surface area contributed by atoms with E-state index in [9.17, 15) is 0 Å². The molecule has 1 saturated carbocycles. The summed E-state index contributed by atoms with van der Waals surface area (Å²) in [5, 5.41) is 0.620. The van der Waals surface area contributed by atoms with Gasteiger partial charge in [-0.15, -0.1) is 11.6 Å². The predicted octanol–water partition coefficient (Wildman–Crippen LogP) is 4.65. The van der Waals surface area contributed by atoms with Crippen molar-refractivity contribution in [2.24, 2.45) is 11.8 Å². The van der Waals surface area contributed by atoms with Crippen LogP contribution in [0.15, 0.2) is 12.3 Å². The average Bonchev–Trinajstić information content (AvgIpc) is 2.78. The van der Waals surface area contributed by atoms with Gasteiger partial charge in [-0.2, -0.15) is 0 Å². The van der Waals surface area contributed by atoms with Gasteiger partial charge in [0.2, 0.25) is 0 Å². The molecule has 2 aromatic heterocycles. The number of halogens is 2. The summed E-state index contributed by atoms with van der Waals surface area (Å²) in [6, 6.07) is 1.86. The SMILES string of the molecule is CC1CCCCC1Cn1c(CCl)nc2cc(Cl)cnc21. The second kappa shape index (κ2) is 5.90. The van der Waals surface area contributed by atoms with Crippen LogP contribution in [0, 0.1) is 11.8 Å². The zero-order valence-electron chi connectivity index (χ0n) is 11.6. The molecule has 5 heteroatoms. The number of fused-ring (bicyclic) bond motifs is 1. The number of alkyl halides is 1. The van der Waals surface area contributed by atoms with Crippen molar-refractivity contribution >= 4 is 34.4 Å². The number of nitrogens with zero attached hydrogens (tertiary/aromatic N) is 3. The van der Waals surface area contributed by atoms with Gasteiger partial charge in [0.1, 0.15) is 11.3 Å². The van der Waals surface area contributed by atoms with Crippen LogP contribution in [0.3, 0.4) is 0 Å². The van der Waals surface area contributed by atoms with E-state index < -0.39 is 0 Å². The molecule has 108 valence electrons. The van der Waals surface area contributed by atoms with Crippen LogP contribution < -0.4 is 0 Å². The Morgan fingerprint density at radius 3 is 2.90 bits per heavy atom. The van der Waals surface area contributed by atoms with Crippen LogP contribution in [0.25, 0.3) is 11.2 Å². The fourth-order valence-electron chi connectivity index (χ4n) is 3.23. The summed E-state index contributed by atoms with van der Waals surface area (Å²) in [5.41, 5.74) is 1.75. The third-order valence-electron chi connectivity index (χ3n) is 4.46. The minimum Gasteiger partial charge on any atom is -0.311 e. The highest BCUT2D eigenvalue weighted by Crippen LogP contribution is 2.32. The van der Waals surface area contributed by atoms with E-state index in [-0.39, 0.29) is 0 Å². The van der Waals surface area contributed by atoms with Crippen molar-refractivity contribution in [1.29, 1.82) is 0 Å². The lowest BCUT2D eigenvalue weighted by atomic mass is 9.80. The van der Waals surface area contributed by atoms with E-state index in [2.05, 4.69) is 21.5 Å². The molecule has 1 fully saturated rings. The minimum absolute atomic E-state index is 0.412. The molecule has 1 aliphatic rings. The van der Waals surface area contributed by atoms with Gasteiger partial charge >= 0.3 is 0 Å². The lowest BCUT2D eigenvalue weighted by Crippen LogP contribution is -2.22. The van der Waals surface area contributed by atoms with Gasteiger partial charge in [0.05, 0.1) is 10.9 Å². The highest BCUT2D eigenvalue weighted by atomic mass is 35.5. The van der Waals surface area contributed by atoms with Crippen molar-refractivity contribution in [3.8, 4) is 0 Å². The molecule has 2 atom stereocenters. The van der Waals surface area contributed by atoms with E-state index >= 15 is 0 Å². The molecule has 3 nitrogen and oxygen atoms in total. The number of imidazole rings is 1. The van der Waals surface area contributed by atoms with E-state index in [1.807, 2.05) is 6.07 Å². The Bertz CT molecular complexity index is 608. The maximum atomic E-state index is 6.05. The molecular weight excluding hydrogens is 293 g/mol. The first-order valence-electron chi connectivity index (χ1n) is 7.25. The summed E-state index contributed by atoms with van der Waals surface area (Å²) < 4.78 is 2.19. The molecule has 20 heavy (non-hydrogen) atoms. The summed E-state index contributed by atoms with van der Waals surface area (Å²) in [7, 11) is 0. The summed E-state index contributed by atoms with van der Waals surface area (Å²) in [4.78, 5) is 9.02. The summed E-state index contributed by atoms with van der Waals surface area (Å²) in [5.74, 6) is 2.77. The minimum atomic E-state index is 0.412. The molecule has 0 saturated heterocycles. The van der Waals surface area contributed by atoms with Gasteiger partial charge in [0.15, 0.2) is 5.65 Å². The molecule has 0 amide bonds. The van der Waals surface area contributed by atoms with E-state index in [1.165, 1.54) is 25.7 Å². The maximum Gasteiger partial charge on any atom is 0.160 e. The average molecular weight is 312 g/mol. The molecule has 1 aliphatic carbocycles. The normalized spacial score (nSPS) is 23.4. The third kappa shape index (κ3) is 2.66. The van der Waals surface area contributed by atoms with Crippen LogP contribution >= 0.6 is 23.2 Å². The maximum absolute atomic E-state index is 6.05. The Morgan fingerprint density at radius 2 is 2.15 bits per heavy atom. The lowest BCUT2D eigenvalue weighted by molar-refractivity contribution is 0.229. The zero-order valence-corrected chi connectivity index (χ0v) is 13.2. The third-order valence-corrected chi connectivity index (χ3v) is 4.90. The summed E-state index contributed by atoms with van der Waals surface area (Å²) in [6.07, 6.45) is 6.99. The van der Waals surface area contributed by atoms with Gasteiger partial charge in [-0.25, -0.2) is 9.97 Å². The van der Waals surface area contributed by atoms with Crippen molar-refractivity contribution in [2.45, 2.75) is 45.0 Å². The quantitative estimate of drug-likeness (QED) is 0.772. The fourth-order valence-corrected chi connectivity index (χ4v) is 3.58. The van der Waals surface area contributed by atoms with Gasteiger partial charge in [0, 0.05) is 12.7 Å². The highest BCUT2D eigenvalue weighted by Gasteiger charge is 2.23. The summed E-state index contributed by atoms with van der Waals surface area (Å²) >= 11 is 12.0. The first-order valence-corrected chi connectivity index (χ1v) is 8.17. The number of hydrogen-bond donors (Lipinski definition) is 0. The Hall–Kier alpha value is -0.800. The van der Waals surface area contributed by atoms with Crippen molar-refractivity contribution in [3.05, 3.63) is 23.1 Å². The molecule has 0 radical (unpaired) electrons. The van der Waals surface area contributed by atoms with Crippen molar-refractivity contribution in [1.82, 2.24) is 14.5 Å². The van der Waals surface area contributed by atoms with Crippen molar-refractivity contribution in [2.75, 3.05) is 0 Å². The first-order chi connectivity index (χ1) is 9.69. The molecule has 0 spiro atoms. The molecule has 2 heterocycles. The van der Waals surface area contributed by atoms with E-state index in [1.54, 1.807) is 6.20 Å². The second-order valence-corrected chi connectivity index (χ2v) is 6.49. The molecule has 0 bridgehead atoms. The monoisotopic (exact) mass is 311 g/mol. The van der Waals surface area contributed by atoms with Crippen LogP contribution in [0.1, 0.15) is 38.4 Å². The van der Waals surface area contributed by atoms with Gasteiger partial charge in [-0.1, -0.05) is 37.8 Å². The van der Waals surface area contributed by atoms with Gasteiger partial charge in [-0.3, -0.25) is 0 Å². The molecule has 0 aliphatic heterocycles. The smallest absolute Gasteiger partial charge is 0.160 e. The predicted molar refractivity (Wildman–Crippen MR) is 83.2 cm³/mol. The lowest BCUT2D eigenvalue weighted by Gasteiger charge is -2.29. The van der Waals surface area contributed by atoms with Crippen molar-refractivity contribution < 1.29 is 0 Å². The van der Waals surface area contributed by atoms with Crippen molar-refractivity contribution in [3.63, 3.8) is 0 Å². The molecule has 0 aromatic carbocycles. The highest BCUT2D eigenvalue weighted by molar-refractivity contribution is 6.31. The fraction of sp³-hybridized carbons (Fsp3) is 0.600. The van der Waals surface area contributed by atoms with Crippen LogP contribution in [0.2, 0.25) is 5.02 Å². The second-order valence-electron chi connectivity index (χ2n) is 5.79. The number of pyridine rings is 1. The standard InChI is InChI=1S/C15H19Cl2N3/c1-10-4-2-3-5-11(10)9-20-14(7-16)19-13-6-12(17)8-18-15(13)20/h6,8,10-11H,2-5,7,9H2,1H3. The Balaban J connectivity index is 1.96. The summed E-state index contributed by atoms with van der Waals surface area (Å²) in [6.45, 7) is 3.32. The topological polar surface area (TPSA) is 30.7 Å². The van der Waals surface area contributed by atoms with E-state index in [0.29, 0.717) is 16.8 Å². The Labute approximate surface area is 129 Å². The van der Waals surface area contributed by atoms with E-state index in [4.69, 9.17) is 23.2 Å². The van der Waals surface area contributed by atoms with Crippen LogP contribution in [-0.4, -0.2) is 14.5 Å². The van der Waals surface area contributed by atoms with Crippen LogP contribution in [0.4, 0.5) is 0 Å². The molecule has 0 N–H and O–H groups in total. The first kappa shape index (κ1) is 14.2. The number of hydrogen-bond acceptors (Lipinski definition) is 2. The zero-order chi connectivity index (χ0) is 14.1. The van der Waals surface area contributed by atoms with Gasteiger partial charge in [0.25, 0.3) is 0 Å². The molecular formula is C15H19Cl2N3.